The summed E-state index contributed by atoms with van der Waals surface area (Å²) in [6.45, 7) is 1.24. The van der Waals surface area contributed by atoms with Gasteiger partial charge in [0.15, 0.2) is 0 Å². The number of para-hydroxylation sites is 1. The number of sulfonamides is 1. The molecule has 4 rings (SSSR count). The molecule has 1 unspecified atom stereocenters. The molecule has 0 saturated carbocycles. The van der Waals surface area contributed by atoms with Crippen molar-refractivity contribution in [3.63, 3.8) is 0 Å². The third kappa shape index (κ3) is 5.34. The highest BCUT2D eigenvalue weighted by Gasteiger charge is 2.12. The summed E-state index contributed by atoms with van der Waals surface area (Å²) in [5.74, 6) is 0.764. The van der Waals surface area contributed by atoms with Crippen LogP contribution in [0.5, 0.6) is 5.75 Å². The zero-order chi connectivity index (χ0) is 22.7. The molecule has 0 bridgehead atoms. The van der Waals surface area contributed by atoms with E-state index in [4.69, 9.17) is 16.3 Å². The molecular weight excluding hydrogens is 450 g/mol. The largest absolute Gasteiger partial charge is 0.492 e. The third-order valence-corrected chi connectivity index (χ3v) is 5.95. The average molecular weight is 474 g/mol. The van der Waals surface area contributed by atoms with Gasteiger partial charge in [-0.3, -0.25) is 4.72 Å². The first kappa shape index (κ1) is 22.4. The number of rotatable bonds is 9. The molecule has 4 aromatic rings. The van der Waals surface area contributed by atoms with E-state index < -0.39 is 16.1 Å². The van der Waals surface area contributed by atoms with E-state index in [-0.39, 0.29) is 17.3 Å². The van der Waals surface area contributed by atoms with E-state index in [0.29, 0.717) is 18.7 Å². The number of anilines is 1. The van der Waals surface area contributed by atoms with E-state index >= 15 is 0 Å². The number of benzene rings is 3. The van der Waals surface area contributed by atoms with E-state index in [1.807, 2.05) is 36.4 Å². The Morgan fingerprint density at radius 1 is 1.06 bits per heavy atom. The van der Waals surface area contributed by atoms with Crippen molar-refractivity contribution in [1.82, 2.24) is 10.3 Å². The number of ether oxygens (including phenoxy) is 1. The zero-order valence-corrected chi connectivity index (χ0v) is 19.0. The first-order valence-corrected chi connectivity index (χ1v) is 12.4. The van der Waals surface area contributed by atoms with Crippen molar-refractivity contribution < 1.29 is 18.3 Å². The van der Waals surface area contributed by atoms with Crippen molar-refractivity contribution >= 4 is 49.1 Å². The van der Waals surface area contributed by atoms with Crippen LogP contribution in [0.2, 0.25) is 5.02 Å². The number of hydrogen-bond acceptors (Lipinski definition) is 5. The Balaban J connectivity index is 1.29. The van der Waals surface area contributed by atoms with Gasteiger partial charge in [0.1, 0.15) is 12.4 Å². The fourth-order valence-electron chi connectivity index (χ4n) is 3.55. The van der Waals surface area contributed by atoms with Crippen LogP contribution in [0.3, 0.4) is 0 Å². The highest BCUT2D eigenvalue weighted by atomic mass is 35.5. The molecule has 0 fully saturated rings. The summed E-state index contributed by atoms with van der Waals surface area (Å²) in [4.78, 5) is 3.39. The monoisotopic (exact) mass is 473 g/mol. The molecule has 9 heteroatoms. The number of fused-ring (bicyclic) bond motifs is 3. The Morgan fingerprint density at radius 3 is 2.66 bits per heavy atom. The lowest BCUT2D eigenvalue weighted by Crippen LogP contribution is -2.26. The van der Waals surface area contributed by atoms with E-state index in [2.05, 4.69) is 21.1 Å². The minimum absolute atomic E-state index is 0.237. The van der Waals surface area contributed by atoms with Crippen LogP contribution in [0.25, 0.3) is 21.8 Å². The summed E-state index contributed by atoms with van der Waals surface area (Å²) in [5.41, 5.74) is 2.90. The van der Waals surface area contributed by atoms with Crippen LogP contribution in [-0.4, -0.2) is 44.5 Å². The van der Waals surface area contributed by atoms with Crippen LogP contribution < -0.4 is 14.8 Å². The van der Waals surface area contributed by atoms with Gasteiger partial charge >= 0.3 is 0 Å². The maximum absolute atomic E-state index is 11.5. The van der Waals surface area contributed by atoms with Crippen molar-refractivity contribution in [2.75, 3.05) is 30.7 Å². The van der Waals surface area contributed by atoms with Crippen LogP contribution in [0, 0.1) is 0 Å². The van der Waals surface area contributed by atoms with Gasteiger partial charge in [0.2, 0.25) is 10.0 Å². The molecule has 0 amide bonds. The van der Waals surface area contributed by atoms with Gasteiger partial charge in [-0.2, -0.15) is 0 Å². The van der Waals surface area contributed by atoms with Crippen molar-refractivity contribution in [3.05, 3.63) is 71.2 Å². The number of H-pyrrole nitrogens is 1. The minimum Gasteiger partial charge on any atom is -0.492 e. The number of aromatic nitrogens is 1. The smallest absolute Gasteiger partial charge is 0.229 e. The summed E-state index contributed by atoms with van der Waals surface area (Å²) in [7, 11) is -3.46. The number of aromatic amines is 1. The summed E-state index contributed by atoms with van der Waals surface area (Å²) in [5, 5.41) is 16.2. The van der Waals surface area contributed by atoms with E-state index in [1.165, 1.54) is 11.5 Å². The Bertz CT molecular complexity index is 1350. The van der Waals surface area contributed by atoms with Gasteiger partial charge in [-0.15, -0.1) is 0 Å². The normalized spacial score (nSPS) is 12.8. The van der Waals surface area contributed by atoms with Crippen molar-refractivity contribution in [3.8, 4) is 5.75 Å². The fraction of sp³-hybridized carbons (Fsp3) is 0.217. The Hall–Kier alpha value is -2.78. The van der Waals surface area contributed by atoms with Crippen LogP contribution >= 0.6 is 11.6 Å². The predicted octanol–water partition coefficient (Wildman–Crippen LogP) is 4.05. The molecule has 7 nitrogen and oxygen atoms in total. The average Bonchev–Trinajstić information content (AvgIpc) is 3.11. The zero-order valence-electron chi connectivity index (χ0n) is 17.4. The van der Waals surface area contributed by atoms with E-state index in [0.717, 1.165) is 28.4 Å². The summed E-state index contributed by atoms with van der Waals surface area (Å²) in [6, 6.07) is 18.9. The topological polar surface area (TPSA) is 103 Å². The predicted molar refractivity (Wildman–Crippen MR) is 129 cm³/mol. The maximum atomic E-state index is 11.5. The molecule has 4 N–H and O–H groups in total. The molecule has 3 aromatic carbocycles. The maximum Gasteiger partial charge on any atom is 0.229 e. The van der Waals surface area contributed by atoms with Crippen LogP contribution in [0.4, 0.5) is 5.69 Å². The Morgan fingerprint density at radius 2 is 1.84 bits per heavy atom. The van der Waals surface area contributed by atoms with Crippen LogP contribution in [0.1, 0.15) is 11.7 Å². The molecule has 168 valence electrons. The summed E-state index contributed by atoms with van der Waals surface area (Å²) in [6.07, 6.45) is 0.222. The molecule has 1 heterocycles. The molecule has 1 aromatic heterocycles. The second kappa shape index (κ2) is 9.38. The number of nitrogens with one attached hydrogen (secondary N) is 3. The lowest BCUT2D eigenvalue weighted by molar-refractivity contribution is 0.172. The number of aliphatic hydroxyl groups excluding tert-OH is 1. The first-order chi connectivity index (χ1) is 15.3. The van der Waals surface area contributed by atoms with Crippen LogP contribution in [-0.2, 0) is 10.0 Å². The highest BCUT2D eigenvalue weighted by molar-refractivity contribution is 7.92. The van der Waals surface area contributed by atoms with Crippen molar-refractivity contribution in [1.29, 1.82) is 0 Å². The molecule has 0 saturated heterocycles. The van der Waals surface area contributed by atoms with Gasteiger partial charge in [0.25, 0.3) is 0 Å². The summed E-state index contributed by atoms with van der Waals surface area (Å²) >= 11 is 6.03. The highest BCUT2D eigenvalue weighted by Crippen LogP contribution is 2.28. The number of hydrogen-bond donors (Lipinski definition) is 4. The Kier molecular flexibility index (Phi) is 6.57. The molecule has 32 heavy (non-hydrogen) atoms. The lowest BCUT2D eigenvalue weighted by Gasteiger charge is -2.15. The van der Waals surface area contributed by atoms with Gasteiger partial charge in [-0.25, -0.2) is 8.42 Å². The molecular formula is C23H24ClN3O4S. The number of aliphatic hydroxyl groups is 1. The van der Waals surface area contributed by atoms with Gasteiger partial charge in [-0.1, -0.05) is 35.9 Å². The van der Waals surface area contributed by atoms with Crippen molar-refractivity contribution in [2.24, 2.45) is 0 Å². The number of halogens is 1. The van der Waals surface area contributed by atoms with E-state index in [1.54, 1.807) is 12.1 Å². The minimum atomic E-state index is -3.46. The molecule has 1 atom stereocenters. The molecule has 0 aliphatic heterocycles. The van der Waals surface area contributed by atoms with Gasteiger partial charge in [0.05, 0.1) is 28.6 Å². The Labute approximate surface area is 191 Å². The molecule has 0 aliphatic rings. The lowest BCUT2D eigenvalue weighted by atomic mass is 10.1. The van der Waals surface area contributed by atoms with Gasteiger partial charge in [0, 0.05) is 35.4 Å². The van der Waals surface area contributed by atoms with Crippen LogP contribution in [0.15, 0.2) is 60.7 Å². The third-order valence-electron chi connectivity index (χ3n) is 5.03. The summed E-state index contributed by atoms with van der Waals surface area (Å²) < 4.78 is 31.1. The standard InChI is InChI=1S/C23H24ClN3O4S/c1-32(29,30)27-22-12-15(6-9-19(22)24)23(28)14-25-10-11-31-16-7-8-18-17-4-2-3-5-20(17)26-21(18)13-16/h2-9,12-13,23,25-28H,10-11,14H2,1H3. The molecule has 0 aliphatic carbocycles. The molecule has 0 radical (unpaired) electrons. The van der Waals surface area contributed by atoms with Crippen molar-refractivity contribution in [2.45, 2.75) is 6.10 Å². The fourth-order valence-corrected chi connectivity index (χ4v) is 4.34. The first-order valence-electron chi connectivity index (χ1n) is 10.1. The SMILES string of the molecule is CS(=O)(=O)Nc1cc(C(O)CNCCOc2ccc3c(c2)[nH]c2ccccc23)ccc1Cl. The van der Waals surface area contributed by atoms with E-state index in [9.17, 15) is 13.5 Å². The quantitative estimate of drug-likeness (QED) is 0.275. The second-order valence-electron chi connectivity index (χ2n) is 7.56. The van der Waals surface area contributed by atoms with Gasteiger partial charge < -0.3 is 20.1 Å². The second-order valence-corrected chi connectivity index (χ2v) is 9.72. The van der Waals surface area contributed by atoms with Gasteiger partial charge in [-0.05, 0) is 35.9 Å². The molecule has 0 spiro atoms.